The number of likely N-dealkylation sites (N-methyl/N-ethyl adjacent to an activating group) is 1. The van der Waals surface area contributed by atoms with E-state index in [-0.39, 0.29) is 31.0 Å². The molecule has 0 aromatic heterocycles. The number of hydrogen-bond donors (Lipinski definition) is 2. The van der Waals surface area contributed by atoms with Crippen LogP contribution < -0.4 is 5.32 Å². The molecule has 0 radical (unpaired) electrons. The maximum atomic E-state index is 13.8. The minimum absolute atomic E-state index is 0.0851. The van der Waals surface area contributed by atoms with Crippen molar-refractivity contribution in [1.29, 1.82) is 0 Å². The third kappa shape index (κ3) is 6.43. The van der Waals surface area contributed by atoms with Crippen LogP contribution in [0.2, 0.25) is 0 Å². The number of piperidine rings is 1. The van der Waals surface area contributed by atoms with Crippen molar-refractivity contribution in [3.63, 3.8) is 0 Å². The molecular weight excluding hydrogens is 518 g/mol. The van der Waals surface area contributed by atoms with E-state index in [2.05, 4.69) is 29.6 Å². The van der Waals surface area contributed by atoms with E-state index in [4.69, 9.17) is 4.74 Å². The molecule has 1 saturated heterocycles. The molecule has 2 amide bonds. The molecule has 2 N–H and O–H groups in total. The quantitative estimate of drug-likeness (QED) is 0.396. The zero-order valence-electron chi connectivity index (χ0n) is 23.5. The lowest BCUT2D eigenvalue weighted by molar-refractivity contribution is -0.148. The van der Waals surface area contributed by atoms with E-state index in [9.17, 15) is 19.5 Å². The van der Waals surface area contributed by atoms with Gasteiger partial charge in [0.15, 0.2) is 0 Å². The van der Waals surface area contributed by atoms with Gasteiger partial charge in [0.2, 0.25) is 5.91 Å². The lowest BCUT2D eigenvalue weighted by Gasteiger charge is -2.38. The number of carbonyl (C=O) groups is 3. The van der Waals surface area contributed by atoms with Crippen molar-refractivity contribution < 1.29 is 24.2 Å². The highest BCUT2D eigenvalue weighted by molar-refractivity contribution is 5.86. The summed E-state index contributed by atoms with van der Waals surface area (Å²) >= 11 is 0. The van der Waals surface area contributed by atoms with Crippen molar-refractivity contribution in [3.05, 3.63) is 95.6 Å². The van der Waals surface area contributed by atoms with Crippen LogP contribution in [0.4, 0.5) is 4.79 Å². The first-order chi connectivity index (χ1) is 19.8. The maximum absolute atomic E-state index is 13.8. The number of hydrogen-bond acceptors (Lipinski definition) is 5. The Morgan fingerprint density at radius 2 is 1.59 bits per heavy atom. The van der Waals surface area contributed by atoms with Crippen LogP contribution >= 0.6 is 0 Å². The molecule has 5 rings (SSSR count). The summed E-state index contributed by atoms with van der Waals surface area (Å²) in [6.45, 7) is 3.24. The Hall–Kier alpha value is -4.17. The summed E-state index contributed by atoms with van der Waals surface area (Å²) in [5.74, 6) is -1.61. The van der Waals surface area contributed by atoms with Crippen LogP contribution in [0, 0.1) is 5.92 Å². The Kier molecular flexibility index (Phi) is 8.69. The first kappa shape index (κ1) is 28.4. The van der Waals surface area contributed by atoms with Crippen LogP contribution in [0.25, 0.3) is 11.1 Å². The van der Waals surface area contributed by atoms with Gasteiger partial charge < -0.3 is 20.1 Å². The number of rotatable bonds is 9. The van der Waals surface area contributed by atoms with Gasteiger partial charge in [0.05, 0.1) is 5.92 Å². The zero-order valence-corrected chi connectivity index (χ0v) is 23.5. The van der Waals surface area contributed by atoms with Crippen LogP contribution in [0.3, 0.4) is 0 Å². The topological polar surface area (TPSA) is 99.2 Å². The van der Waals surface area contributed by atoms with Crippen LogP contribution in [-0.4, -0.2) is 71.7 Å². The molecule has 214 valence electrons. The minimum Gasteiger partial charge on any atom is -0.481 e. The SMILES string of the molecule is C[C@H]1C[C@@H](C(=O)O)CCN1C(=O)C(CN(C)Cc1ccccc1)NC(=O)OCC1c2ccccc2-c2ccccc21. The second kappa shape index (κ2) is 12.6. The maximum Gasteiger partial charge on any atom is 0.407 e. The highest BCUT2D eigenvalue weighted by atomic mass is 16.5. The number of nitrogens with zero attached hydrogens (tertiary/aromatic N) is 2. The summed E-state index contributed by atoms with van der Waals surface area (Å²) in [7, 11) is 1.91. The zero-order chi connectivity index (χ0) is 28.9. The molecule has 0 saturated carbocycles. The summed E-state index contributed by atoms with van der Waals surface area (Å²) < 4.78 is 5.77. The molecule has 1 aliphatic heterocycles. The van der Waals surface area contributed by atoms with E-state index in [1.807, 2.05) is 73.5 Å². The fraction of sp³-hybridized carbons (Fsp3) is 0.364. The molecule has 41 heavy (non-hydrogen) atoms. The van der Waals surface area contributed by atoms with Gasteiger partial charge >= 0.3 is 12.1 Å². The van der Waals surface area contributed by atoms with Crippen molar-refractivity contribution >= 4 is 18.0 Å². The Morgan fingerprint density at radius 3 is 2.20 bits per heavy atom. The number of benzene rings is 3. The number of amides is 2. The largest absolute Gasteiger partial charge is 0.481 e. The number of fused-ring (bicyclic) bond motifs is 3. The Labute approximate surface area is 240 Å². The summed E-state index contributed by atoms with van der Waals surface area (Å²) in [6.07, 6.45) is 0.132. The van der Waals surface area contributed by atoms with Gasteiger partial charge in [0.1, 0.15) is 12.6 Å². The molecule has 8 heteroatoms. The summed E-state index contributed by atoms with van der Waals surface area (Å²) in [5, 5.41) is 12.3. The van der Waals surface area contributed by atoms with Gasteiger partial charge in [0.25, 0.3) is 0 Å². The van der Waals surface area contributed by atoms with E-state index in [1.54, 1.807) is 4.90 Å². The molecule has 0 bridgehead atoms. The van der Waals surface area contributed by atoms with E-state index in [0.29, 0.717) is 25.9 Å². The van der Waals surface area contributed by atoms with Gasteiger partial charge in [-0.15, -0.1) is 0 Å². The van der Waals surface area contributed by atoms with Crippen LogP contribution in [0.5, 0.6) is 0 Å². The average Bonchev–Trinajstić information content (AvgIpc) is 3.29. The number of carboxylic acids is 1. The first-order valence-corrected chi connectivity index (χ1v) is 14.2. The molecule has 8 nitrogen and oxygen atoms in total. The van der Waals surface area contributed by atoms with E-state index in [1.165, 1.54) is 0 Å². The molecule has 2 aliphatic rings. The molecule has 1 aliphatic carbocycles. The lowest BCUT2D eigenvalue weighted by Crippen LogP contribution is -2.57. The van der Waals surface area contributed by atoms with Gasteiger partial charge in [-0.1, -0.05) is 78.9 Å². The monoisotopic (exact) mass is 555 g/mol. The number of carboxylic acid groups (broad SMARTS) is 1. The number of nitrogens with one attached hydrogen (secondary N) is 1. The summed E-state index contributed by atoms with van der Waals surface area (Å²) in [4.78, 5) is 42.2. The molecule has 1 unspecified atom stereocenters. The molecule has 3 aromatic rings. The highest BCUT2D eigenvalue weighted by Gasteiger charge is 2.36. The van der Waals surface area contributed by atoms with Crippen LogP contribution in [0.1, 0.15) is 42.4 Å². The summed E-state index contributed by atoms with van der Waals surface area (Å²) in [5.41, 5.74) is 5.62. The molecule has 1 fully saturated rings. The Morgan fingerprint density at radius 1 is 0.976 bits per heavy atom. The van der Waals surface area contributed by atoms with Crippen LogP contribution in [0.15, 0.2) is 78.9 Å². The fourth-order valence-corrected chi connectivity index (χ4v) is 6.16. The Bertz CT molecular complexity index is 1350. The highest BCUT2D eigenvalue weighted by Crippen LogP contribution is 2.44. The van der Waals surface area contributed by atoms with Crippen molar-refractivity contribution in [2.24, 2.45) is 5.92 Å². The minimum atomic E-state index is -0.844. The van der Waals surface area contributed by atoms with E-state index >= 15 is 0 Å². The molecule has 3 atom stereocenters. The van der Waals surface area contributed by atoms with Gasteiger partial charge in [0, 0.05) is 31.6 Å². The van der Waals surface area contributed by atoms with Gasteiger partial charge in [-0.25, -0.2) is 4.79 Å². The van der Waals surface area contributed by atoms with Crippen molar-refractivity contribution in [2.45, 2.75) is 44.3 Å². The van der Waals surface area contributed by atoms with Gasteiger partial charge in [-0.05, 0) is 54.6 Å². The second-order valence-corrected chi connectivity index (χ2v) is 11.1. The number of carbonyl (C=O) groups excluding carboxylic acids is 2. The second-order valence-electron chi connectivity index (χ2n) is 11.1. The molecule has 0 spiro atoms. The smallest absolute Gasteiger partial charge is 0.407 e. The third-order valence-corrected chi connectivity index (χ3v) is 8.23. The normalized spacial score (nSPS) is 18.9. The molecule has 3 aromatic carbocycles. The standard InChI is InChI=1S/C33H37N3O5/c1-22-18-24(32(38)39)16-17-36(22)31(37)30(20-35(2)19-23-10-4-3-5-11-23)34-33(40)41-21-29-27-14-8-6-12-25(27)26-13-7-9-15-28(26)29/h3-15,22,24,29-30H,16-21H2,1-2H3,(H,34,40)(H,38,39)/t22-,24-,30?/m0/s1. The lowest BCUT2D eigenvalue weighted by atomic mass is 9.91. The number of ether oxygens (including phenoxy) is 1. The van der Waals surface area contributed by atoms with Crippen molar-refractivity contribution in [3.8, 4) is 11.1 Å². The summed E-state index contributed by atoms with van der Waals surface area (Å²) in [6, 6.07) is 25.1. The molecular formula is C33H37N3O5. The van der Waals surface area contributed by atoms with Crippen molar-refractivity contribution in [1.82, 2.24) is 15.1 Å². The number of alkyl carbamates (subject to hydrolysis) is 1. The van der Waals surface area contributed by atoms with Crippen molar-refractivity contribution in [2.75, 3.05) is 26.7 Å². The third-order valence-electron chi connectivity index (χ3n) is 8.23. The van der Waals surface area contributed by atoms with Gasteiger partial charge in [-0.3, -0.25) is 14.5 Å². The van der Waals surface area contributed by atoms with E-state index in [0.717, 1.165) is 27.8 Å². The fourth-order valence-electron chi connectivity index (χ4n) is 6.16. The first-order valence-electron chi connectivity index (χ1n) is 14.2. The van der Waals surface area contributed by atoms with E-state index < -0.39 is 24.0 Å². The average molecular weight is 556 g/mol. The van der Waals surface area contributed by atoms with Gasteiger partial charge in [-0.2, -0.15) is 0 Å². The Balaban J connectivity index is 1.28. The predicted molar refractivity (Wildman–Crippen MR) is 156 cm³/mol. The molecule has 1 heterocycles. The predicted octanol–water partition coefficient (Wildman–Crippen LogP) is 4.74. The van der Waals surface area contributed by atoms with Crippen LogP contribution in [-0.2, 0) is 20.9 Å². The number of aliphatic carboxylic acids is 1. The number of likely N-dealkylation sites (tertiary alicyclic amines) is 1.